The van der Waals surface area contributed by atoms with Gasteiger partial charge < -0.3 is 15.2 Å². The minimum atomic E-state index is -0.236. The molecule has 1 aliphatic rings. The maximum atomic E-state index is 12.2. The van der Waals surface area contributed by atoms with Gasteiger partial charge in [-0.2, -0.15) is 0 Å². The molecule has 1 fully saturated rings. The van der Waals surface area contributed by atoms with Gasteiger partial charge in [0.1, 0.15) is 5.69 Å². The van der Waals surface area contributed by atoms with Crippen LogP contribution in [0.15, 0.2) is 41.0 Å². The number of benzene rings is 1. The number of aromatic nitrogens is 1. The third kappa shape index (κ3) is 2.85. The standard InChI is InChI=1S/C15H14BrN3O2/c16-10-8-12(17-9-10)15(21)18-11-4-1-2-5-13(11)19-7-3-6-14(19)20/h1-2,4-5,8-9,17H,3,6-7H2,(H,18,21). The van der Waals surface area contributed by atoms with Gasteiger partial charge in [0.2, 0.25) is 5.91 Å². The second-order valence-corrected chi connectivity index (χ2v) is 5.77. The molecule has 6 heteroatoms. The van der Waals surface area contributed by atoms with Gasteiger partial charge in [-0.1, -0.05) is 12.1 Å². The molecule has 0 aliphatic carbocycles. The third-order valence-electron chi connectivity index (χ3n) is 3.41. The average Bonchev–Trinajstić information content (AvgIpc) is 3.08. The summed E-state index contributed by atoms with van der Waals surface area (Å²) < 4.78 is 0.815. The predicted molar refractivity (Wildman–Crippen MR) is 84.5 cm³/mol. The van der Waals surface area contributed by atoms with E-state index in [1.54, 1.807) is 23.2 Å². The van der Waals surface area contributed by atoms with E-state index < -0.39 is 0 Å². The maximum absolute atomic E-state index is 12.2. The van der Waals surface area contributed by atoms with Gasteiger partial charge in [0.15, 0.2) is 0 Å². The number of aromatic amines is 1. The van der Waals surface area contributed by atoms with Crippen molar-refractivity contribution in [3.63, 3.8) is 0 Å². The molecule has 0 unspecified atom stereocenters. The van der Waals surface area contributed by atoms with Crippen molar-refractivity contribution in [1.29, 1.82) is 0 Å². The van der Waals surface area contributed by atoms with Crippen LogP contribution in [0, 0.1) is 0 Å². The van der Waals surface area contributed by atoms with E-state index in [1.165, 1.54) is 0 Å². The number of amides is 2. The van der Waals surface area contributed by atoms with E-state index >= 15 is 0 Å². The van der Waals surface area contributed by atoms with Crippen LogP contribution in [0.5, 0.6) is 0 Å². The molecular formula is C15H14BrN3O2. The lowest BCUT2D eigenvalue weighted by atomic mass is 10.2. The average molecular weight is 348 g/mol. The number of hydrogen-bond donors (Lipinski definition) is 2. The highest BCUT2D eigenvalue weighted by atomic mass is 79.9. The van der Waals surface area contributed by atoms with Crippen LogP contribution < -0.4 is 10.2 Å². The Bertz CT molecular complexity index is 696. The number of para-hydroxylation sites is 2. The molecule has 2 heterocycles. The van der Waals surface area contributed by atoms with E-state index in [4.69, 9.17) is 0 Å². The molecule has 2 amide bonds. The summed E-state index contributed by atoms with van der Waals surface area (Å²) in [7, 11) is 0. The minimum Gasteiger partial charge on any atom is -0.356 e. The quantitative estimate of drug-likeness (QED) is 0.895. The van der Waals surface area contributed by atoms with Gasteiger partial charge in [0.05, 0.1) is 11.4 Å². The number of anilines is 2. The molecule has 2 aromatic rings. The summed E-state index contributed by atoms with van der Waals surface area (Å²) >= 11 is 3.30. The molecule has 3 rings (SSSR count). The van der Waals surface area contributed by atoms with Crippen LogP contribution in [0.1, 0.15) is 23.3 Å². The smallest absolute Gasteiger partial charge is 0.272 e. The number of halogens is 1. The summed E-state index contributed by atoms with van der Waals surface area (Å²) in [5, 5.41) is 2.85. The zero-order chi connectivity index (χ0) is 14.8. The molecule has 0 spiro atoms. The molecule has 108 valence electrons. The van der Waals surface area contributed by atoms with E-state index in [0.29, 0.717) is 24.3 Å². The second kappa shape index (κ2) is 5.73. The number of carbonyl (C=O) groups is 2. The SMILES string of the molecule is O=C(Nc1ccccc1N1CCCC1=O)c1cc(Br)c[nH]1. The fraction of sp³-hybridized carbons (Fsp3) is 0.200. The van der Waals surface area contributed by atoms with Crippen molar-refractivity contribution >= 4 is 39.1 Å². The first-order chi connectivity index (χ1) is 10.1. The van der Waals surface area contributed by atoms with Gasteiger partial charge in [-0.05, 0) is 40.5 Å². The molecule has 1 aliphatic heterocycles. The number of hydrogen-bond acceptors (Lipinski definition) is 2. The van der Waals surface area contributed by atoms with Crippen molar-refractivity contribution in [2.24, 2.45) is 0 Å². The number of carbonyl (C=O) groups excluding carboxylic acids is 2. The summed E-state index contributed by atoms with van der Waals surface area (Å²) in [6.07, 6.45) is 3.11. The van der Waals surface area contributed by atoms with Crippen LogP contribution in [-0.2, 0) is 4.79 Å². The third-order valence-corrected chi connectivity index (χ3v) is 3.87. The Morgan fingerprint density at radius 1 is 1.33 bits per heavy atom. The van der Waals surface area contributed by atoms with E-state index in [9.17, 15) is 9.59 Å². The molecule has 2 N–H and O–H groups in total. The Hall–Kier alpha value is -2.08. The molecule has 1 aromatic carbocycles. The normalized spacial score (nSPS) is 14.5. The summed E-state index contributed by atoms with van der Waals surface area (Å²) in [5.74, 6) is -0.140. The Balaban J connectivity index is 1.85. The molecule has 0 bridgehead atoms. The van der Waals surface area contributed by atoms with Gasteiger partial charge in [-0.15, -0.1) is 0 Å². The van der Waals surface area contributed by atoms with Gasteiger partial charge >= 0.3 is 0 Å². The number of nitrogens with one attached hydrogen (secondary N) is 2. The van der Waals surface area contributed by atoms with E-state index in [0.717, 1.165) is 16.6 Å². The van der Waals surface area contributed by atoms with E-state index in [2.05, 4.69) is 26.2 Å². The molecule has 0 radical (unpaired) electrons. The van der Waals surface area contributed by atoms with Crippen LogP contribution in [-0.4, -0.2) is 23.3 Å². The predicted octanol–water partition coefficient (Wildman–Crippen LogP) is 3.16. The lowest BCUT2D eigenvalue weighted by Crippen LogP contribution is -2.25. The monoisotopic (exact) mass is 347 g/mol. The van der Waals surface area contributed by atoms with Crippen LogP contribution in [0.4, 0.5) is 11.4 Å². The zero-order valence-corrected chi connectivity index (χ0v) is 12.8. The van der Waals surface area contributed by atoms with Gasteiger partial charge in [-0.3, -0.25) is 9.59 Å². The largest absolute Gasteiger partial charge is 0.356 e. The highest BCUT2D eigenvalue weighted by Gasteiger charge is 2.24. The Morgan fingerprint density at radius 2 is 2.14 bits per heavy atom. The molecule has 1 aromatic heterocycles. The van der Waals surface area contributed by atoms with E-state index in [-0.39, 0.29) is 11.8 Å². The van der Waals surface area contributed by atoms with Crippen molar-refractivity contribution in [1.82, 2.24) is 4.98 Å². The van der Waals surface area contributed by atoms with Crippen molar-refractivity contribution in [2.75, 3.05) is 16.8 Å². The molecule has 5 nitrogen and oxygen atoms in total. The molecule has 0 saturated carbocycles. The maximum Gasteiger partial charge on any atom is 0.272 e. The molecule has 21 heavy (non-hydrogen) atoms. The lowest BCUT2D eigenvalue weighted by molar-refractivity contribution is -0.117. The Labute approximate surface area is 130 Å². The lowest BCUT2D eigenvalue weighted by Gasteiger charge is -2.19. The summed E-state index contributed by atoms with van der Waals surface area (Å²) in [4.78, 5) is 28.7. The number of nitrogens with zero attached hydrogens (tertiary/aromatic N) is 1. The van der Waals surface area contributed by atoms with Crippen molar-refractivity contribution in [3.8, 4) is 0 Å². The fourth-order valence-corrected chi connectivity index (χ4v) is 2.75. The fourth-order valence-electron chi connectivity index (χ4n) is 2.41. The van der Waals surface area contributed by atoms with Crippen molar-refractivity contribution in [3.05, 3.63) is 46.7 Å². The first-order valence-corrected chi connectivity index (χ1v) is 7.49. The summed E-state index contributed by atoms with van der Waals surface area (Å²) in [6, 6.07) is 9.06. The molecule has 0 atom stereocenters. The van der Waals surface area contributed by atoms with Gasteiger partial charge in [-0.25, -0.2) is 0 Å². The van der Waals surface area contributed by atoms with Crippen molar-refractivity contribution in [2.45, 2.75) is 12.8 Å². The van der Waals surface area contributed by atoms with Gasteiger partial charge in [0, 0.05) is 23.6 Å². The van der Waals surface area contributed by atoms with Crippen LogP contribution >= 0.6 is 15.9 Å². The topological polar surface area (TPSA) is 65.2 Å². The van der Waals surface area contributed by atoms with Gasteiger partial charge in [0.25, 0.3) is 5.91 Å². The zero-order valence-electron chi connectivity index (χ0n) is 11.2. The van der Waals surface area contributed by atoms with E-state index in [1.807, 2.05) is 18.2 Å². The highest BCUT2D eigenvalue weighted by molar-refractivity contribution is 9.10. The first-order valence-electron chi connectivity index (χ1n) is 6.70. The van der Waals surface area contributed by atoms with Crippen LogP contribution in [0.2, 0.25) is 0 Å². The van der Waals surface area contributed by atoms with Crippen LogP contribution in [0.3, 0.4) is 0 Å². The molecule has 1 saturated heterocycles. The molecular weight excluding hydrogens is 334 g/mol. The highest BCUT2D eigenvalue weighted by Crippen LogP contribution is 2.29. The second-order valence-electron chi connectivity index (χ2n) is 4.85. The summed E-state index contributed by atoms with van der Waals surface area (Å²) in [6.45, 7) is 0.694. The number of rotatable bonds is 3. The van der Waals surface area contributed by atoms with Crippen LogP contribution in [0.25, 0.3) is 0 Å². The number of H-pyrrole nitrogens is 1. The Kier molecular flexibility index (Phi) is 3.79. The Morgan fingerprint density at radius 3 is 2.81 bits per heavy atom. The van der Waals surface area contributed by atoms with Crippen molar-refractivity contribution < 1.29 is 9.59 Å². The summed E-state index contributed by atoms with van der Waals surface area (Å²) in [5.41, 5.74) is 1.85. The minimum absolute atomic E-state index is 0.0966. The first kappa shape index (κ1) is 13.9.